The first kappa shape index (κ1) is 15.6. The van der Waals surface area contributed by atoms with Crippen molar-refractivity contribution < 1.29 is 19.8 Å². The molecule has 2 rings (SSSR count). The van der Waals surface area contributed by atoms with Crippen LogP contribution in [0.3, 0.4) is 0 Å². The number of carboxylic acids is 1. The summed E-state index contributed by atoms with van der Waals surface area (Å²) in [5.41, 5.74) is 0.132. The molecule has 1 aromatic rings. The number of nitrogens with one attached hydrogen (secondary N) is 1. The van der Waals surface area contributed by atoms with Crippen molar-refractivity contribution in [3.63, 3.8) is 0 Å². The van der Waals surface area contributed by atoms with Crippen LogP contribution < -0.4 is 5.32 Å². The number of benzene rings is 1. The standard InChI is InChI=1S/C14H17ClN2O4/c15-9-4-5-12(11(8-9)13(19)20)16-14(21)17(6-7-18)10-2-1-3-10/h4-5,8,10,18H,1-3,6-7H2,(H,16,21)(H,19,20). The first-order valence-electron chi connectivity index (χ1n) is 6.74. The molecular formula is C14H17ClN2O4. The highest BCUT2D eigenvalue weighted by atomic mass is 35.5. The van der Waals surface area contributed by atoms with Crippen LogP contribution in [0.2, 0.25) is 5.02 Å². The number of nitrogens with zero attached hydrogens (tertiary/aromatic N) is 1. The van der Waals surface area contributed by atoms with Gasteiger partial charge < -0.3 is 20.4 Å². The lowest BCUT2D eigenvalue weighted by atomic mass is 9.91. The van der Waals surface area contributed by atoms with Gasteiger partial charge in [0.05, 0.1) is 17.9 Å². The fourth-order valence-corrected chi connectivity index (χ4v) is 2.42. The second-order valence-electron chi connectivity index (χ2n) is 4.93. The van der Waals surface area contributed by atoms with Gasteiger partial charge in [-0.3, -0.25) is 0 Å². The van der Waals surface area contributed by atoms with E-state index in [1.807, 2.05) is 0 Å². The predicted molar refractivity (Wildman–Crippen MR) is 78.9 cm³/mol. The summed E-state index contributed by atoms with van der Waals surface area (Å²) in [5.74, 6) is -1.16. The number of carboxylic acid groups (broad SMARTS) is 1. The second-order valence-corrected chi connectivity index (χ2v) is 5.36. The second kappa shape index (κ2) is 6.78. The van der Waals surface area contributed by atoms with E-state index in [2.05, 4.69) is 5.32 Å². The Hall–Kier alpha value is -1.79. The number of aromatic carboxylic acids is 1. The Bertz CT molecular complexity index is 546. The molecule has 114 valence electrons. The monoisotopic (exact) mass is 312 g/mol. The fourth-order valence-electron chi connectivity index (χ4n) is 2.25. The summed E-state index contributed by atoms with van der Waals surface area (Å²) in [4.78, 5) is 25.0. The van der Waals surface area contributed by atoms with E-state index in [1.54, 1.807) is 4.90 Å². The molecule has 1 saturated carbocycles. The molecule has 0 spiro atoms. The summed E-state index contributed by atoms with van der Waals surface area (Å²) >= 11 is 5.77. The van der Waals surface area contributed by atoms with Gasteiger partial charge in [0, 0.05) is 17.6 Å². The Morgan fingerprint density at radius 2 is 2.10 bits per heavy atom. The van der Waals surface area contributed by atoms with Gasteiger partial charge in [-0.05, 0) is 37.5 Å². The molecule has 0 unspecified atom stereocenters. The number of aliphatic hydroxyl groups excluding tert-OH is 1. The predicted octanol–water partition coefficient (Wildman–Crippen LogP) is 2.42. The summed E-state index contributed by atoms with van der Waals surface area (Å²) in [6, 6.07) is 3.97. The van der Waals surface area contributed by atoms with Crippen molar-refractivity contribution in [1.29, 1.82) is 0 Å². The third-order valence-corrected chi connectivity index (χ3v) is 3.81. The molecule has 0 heterocycles. The Kier molecular flexibility index (Phi) is 5.03. The van der Waals surface area contributed by atoms with Gasteiger partial charge in [-0.1, -0.05) is 11.6 Å². The molecule has 1 fully saturated rings. The highest BCUT2D eigenvalue weighted by Crippen LogP contribution is 2.26. The maximum atomic E-state index is 12.3. The topological polar surface area (TPSA) is 89.9 Å². The van der Waals surface area contributed by atoms with Crippen LogP contribution in [0.15, 0.2) is 18.2 Å². The zero-order valence-electron chi connectivity index (χ0n) is 11.4. The van der Waals surface area contributed by atoms with Gasteiger partial charge in [-0.2, -0.15) is 0 Å². The Labute approximate surface area is 127 Å². The lowest BCUT2D eigenvalue weighted by Crippen LogP contribution is -2.47. The lowest BCUT2D eigenvalue weighted by molar-refractivity contribution is 0.0698. The molecule has 1 aromatic carbocycles. The average Bonchev–Trinajstić information content (AvgIpc) is 2.38. The van der Waals surface area contributed by atoms with E-state index in [9.17, 15) is 9.59 Å². The molecule has 1 aliphatic rings. The molecule has 0 aromatic heterocycles. The summed E-state index contributed by atoms with van der Waals surface area (Å²) in [6.45, 7) is 0.100. The molecule has 0 radical (unpaired) electrons. The SMILES string of the molecule is O=C(O)c1cc(Cl)ccc1NC(=O)N(CCO)C1CCC1. The Morgan fingerprint density at radius 3 is 2.62 bits per heavy atom. The van der Waals surface area contributed by atoms with Crippen molar-refractivity contribution in [2.45, 2.75) is 25.3 Å². The van der Waals surface area contributed by atoms with E-state index in [0.29, 0.717) is 0 Å². The van der Waals surface area contributed by atoms with E-state index < -0.39 is 12.0 Å². The number of aliphatic hydroxyl groups is 1. The lowest BCUT2D eigenvalue weighted by Gasteiger charge is -2.37. The van der Waals surface area contributed by atoms with Gasteiger partial charge in [-0.15, -0.1) is 0 Å². The van der Waals surface area contributed by atoms with Crippen LogP contribution >= 0.6 is 11.6 Å². The van der Waals surface area contributed by atoms with E-state index in [4.69, 9.17) is 21.8 Å². The minimum atomic E-state index is -1.16. The molecule has 3 N–H and O–H groups in total. The molecule has 0 aliphatic heterocycles. The number of hydrogen-bond acceptors (Lipinski definition) is 3. The van der Waals surface area contributed by atoms with Crippen LogP contribution in [-0.2, 0) is 0 Å². The normalized spacial score (nSPS) is 14.4. The molecule has 0 saturated heterocycles. The number of carbonyl (C=O) groups is 2. The fraction of sp³-hybridized carbons (Fsp3) is 0.429. The molecule has 0 atom stereocenters. The summed E-state index contributed by atoms with van der Waals surface area (Å²) < 4.78 is 0. The molecule has 7 heteroatoms. The summed E-state index contributed by atoms with van der Waals surface area (Å²) in [7, 11) is 0. The van der Waals surface area contributed by atoms with E-state index in [-0.39, 0.29) is 35.5 Å². The van der Waals surface area contributed by atoms with Crippen LogP contribution in [0, 0.1) is 0 Å². The zero-order valence-corrected chi connectivity index (χ0v) is 12.1. The summed E-state index contributed by atoms with van der Waals surface area (Å²) in [5, 5.41) is 21.1. The van der Waals surface area contributed by atoms with Crippen molar-refractivity contribution in [2.24, 2.45) is 0 Å². The number of halogens is 1. The minimum Gasteiger partial charge on any atom is -0.478 e. The maximum absolute atomic E-state index is 12.3. The minimum absolute atomic E-state index is 0.0617. The van der Waals surface area contributed by atoms with Crippen molar-refractivity contribution in [3.05, 3.63) is 28.8 Å². The van der Waals surface area contributed by atoms with Crippen molar-refractivity contribution in [1.82, 2.24) is 4.90 Å². The van der Waals surface area contributed by atoms with Gasteiger partial charge in [0.15, 0.2) is 0 Å². The number of hydrogen-bond donors (Lipinski definition) is 3. The van der Waals surface area contributed by atoms with E-state index >= 15 is 0 Å². The number of amides is 2. The smallest absolute Gasteiger partial charge is 0.337 e. The molecular weight excluding hydrogens is 296 g/mol. The van der Waals surface area contributed by atoms with Crippen LogP contribution in [0.25, 0.3) is 0 Å². The highest BCUT2D eigenvalue weighted by molar-refractivity contribution is 6.31. The first-order valence-corrected chi connectivity index (χ1v) is 7.12. The maximum Gasteiger partial charge on any atom is 0.337 e. The quantitative estimate of drug-likeness (QED) is 0.779. The molecule has 21 heavy (non-hydrogen) atoms. The Morgan fingerprint density at radius 1 is 1.38 bits per heavy atom. The summed E-state index contributed by atoms with van der Waals surface area (Å²) in [6.07, 6.45) is 2.86. The van der Waals surface area contributed by atoms with Crippen LogP contribution in [0.5, 0.6) is 0 Å². The number of rotatable bonds is 5. The number of urea groups is 1. The van der Waals surface area contributed by atoms with Crippen LogP contribution in [-0.4, -0.2) is 46.3 Å². The van der Waals surface area contributed by atoms with Crippen molar-refractivity contribution >= 4 is 29.3 Å². The Balaban J connectivity index is 2.15. The van der Waals surface area contributed by atoms with Gasteiger partial charge in [0.25, 0.3) is 0 Å². The molecule has 2 amide bonds. The third-order valence-electron chi connectivity index (χ3n) is 3.57. The molecule has 0 bridgehead atoms. The van der Waals surface area contributed by atoms with Crippen molar-refractivity contribution in [3.8, 4) is 0 Å². The van der Waals surface area contributed by atoms with Gasteiger partial charge in [0.1, 0.15) is 0 Å². The zero-order chi connectivity index (χ0) is 15.4. The number of carbonyl (C=O) groups excluding carboxylic acids is 1. The van der Waals surface area contributed by atoms with Crippen molar-refractivity contribution in [2.75, 3.05) is 18.5 Å². The largest absolute Gasteiger partial charge is 0.478 e. The van der Waals surface area contributed by atoms with Gasteiger partial charge >= 0.3 is 12.0 Å². The highest BCUT2D eigenvalue weighted by Gasteiger charge is 2.29. The first-order chi connectivity index (χ1) is 10.0. The number of anilines is 1. The third kappa shape index (κ3) is 3.65. The van der Waals surface area contributed by atoms with E-state index in [0.717, 1.165) is 19.3 Å². The van der Waals surface area contributed by atoms with Gasteiger partial charge in [0.2, 0.25) is 0 Å². The van der Waals surface area contributed by atoms with Crippen LogP contribution in [0.1, 0.15) is 29.6 Å². The van der Waals surface area contributed by atoms with E-state index in [1.165, 1.54) is 18.2 Å². The average molecular weight is 313 g/mol. The molecule has 6 nitrogen and oxygen atoms in total. The van der Waals surface area contributed by atoms with Crippen LogP contribution in [0.4, 0.5) is 10.5 Å². The van der Waals surface area contributed by atoms with Gasteiger partial charge in [-0.25, -0.2) is 9.59 Å². The molecule has 1 aliphatic carbocycles.